The molecule has 0 saturated carbocycles. The summed E-state index contributed by atoms with van der Waals surface area (Å²) in [6.45, 7) is 2.21. The van der Waals surface area contributed by atoms with E-state index in [1.165, 1.54) is 10.9 Å². The van der Waals surface area contributed by atoms with Gasteiger partial charge in [-0.25, -0.2) is 4.98 Å². The molecule has 0 fully saturated rings. The fraction of sp³-hybridized carbons (Fsp3) is 0.125. The molecule has 0 unspecified atom stereocenters. The van der Waals surface area contributed by atoms with Crippen LogP contribution in [0.2, 0.25) is 0 Å². The van der Waals surface area contributed by atoms with Crippen molar-refractivity contribution < 1.29 is 9.53 Å². The van der Waals surface area contributed by atoms with Gasteiger partial charge in [0, 0.05) is 0 Å². The molecular weight excluding hydrogens is 378 g/mol. The molecular formula is C24H21N3O3. The Kier molecular flexibility index (Phi) is 5.57. The van der Waals surface area contributed by atoms with Crippen LogP contribution >= 0.6 is 0 Å². The number of rotatable bonds is 6. The van der Waals surface area contributed by atoms with Crippen molar-refractivity contribution in [2.24, 2.45) is 0 Å². The molecule has 0 aliphatic heterocycles. The molecule has 6 nitrogen and oxygen atoms in total. The Balaban J connectivity index is 1.50. The van der Waals surface area contributed by atoms with Crippen LogP contribution in [0.4, 0.5) is 5.69 Å². The Labute approximate surface area is 173 Å². The van der Waals surface area contributed by atoms with Gasteiger partial charge in [0.2, 0.25) is 5.91 Å². The number of hydrogen-bond donors (Lipinski definition) is 1. The van der Waals surface area contributed by atoms with Crippen LogP contribution < -0.4 is 15.6 Å². The van der Waals surface area contributed by atoms with Gasteiger partial charge in [0.25, 0.3) is 5.56 Å². The summed E-state index contributed by atoms with van der Waals surface area (Å²) in [5, 5.41) is 3.33. The van der Waals surface area contributed by atoms with Crippen molar-refractivity contribution in [2.45, 2.75) is 20.1 Å². The summed E-state index contributed by atoms with van der Waals surface area (Å²) < 4.78 is 7.24. The van der Waals surface area contributed by atoms with E-state index < -0.39 is 0 Å². The smallest absolute Gasteiger partial charge is 0.261 e. The zero-order valence-electron chi connectivity index (χ0n) is 16.5. The van der Waals surface area contributed by atoms with Crippen molar-refractivity contribution in [2.75, 3.05) is 5.32 Å². The zero-order chi connectivity index (χ0) is 20.9. The first-order valence-electron chi connectivity index (χ1n) is 9.61. The summed E-state index contributed by atoms with van der Waals surface area (Å²) >= 11 is 0. The molecule has 4 rings (SSSR count). The lowest BCUT2D eigenvalue weighted by molar-refractivity contribution is -0.116. The third-order valence-corrected chi connectivity index (χ3v) is 4.69. The van der Waals surface area contributed by atoms with Gasteiger partial charge in [-0.1, -0.05) is 48.5 Å². The normalized spacial score (nSPS) is 10.7. The lowest BCUT2D eigenvalue weighted by atomic mass is 10.2. The van der Waals surface area contributed by atoms with Gasteiger partial charge in [-0.05, 0) is 42.3 Å². The first-order chi connectivity index (χ1) is 14.6. The number of nitrogens with one attached hydrogen (secondary N) is 1. The number of benzene rings is 3. The first-order valence-corrected chi connectivity index (χ1v) is 9.61. The second-order valence-corrected chi connectivity index (χ2v) is 7.02. The summed E-state index contributed by atoms with van der Waals surface area (Å²) in [4.78, 5) is 29.5. The minimum atomic E-state index is -0.331. The van der Waals surface area contributed by atoms with E-state index in [1.807, 2.05) is 55.5 Å². The molecule has 6 heteroatoms. The van der Waals surface area contributed by atoms with Gasteiger partial charge in [-0.15, -0.1) is 0 Å². The number of hydrogen-bond acceptors (Lipinski definition) is 4. The summed E-state index contributed by atoms with van der Waals surface area (Å²) in [5.41, 5.74) is 2.97. The van der Waals surface area contributed by atoms with Gasteiger partial charge in [-0.2, -0.15) is 0 Å². The summed E-state index contributed by atoms with van der Waals surface area (Å²) in [6, 6.07) is 22.5. The molecule has 150 valence electrons. The number of amides is 1. The summed E-state index contributed by atoms with van der Waals surface area (Å²) in [7, 11) is 0. The number of carbonyl (C=O) groups is 1. The fourth-order valence-corrected chi connectivity index (χ4v) is 3.15. The number of anilines is 1. The Bertz CT molecular complexity index is 1250. The van der Waals surface area contributed by atoms with Crippen LogP contribution in [0, 0.1) is 6.92 Å². The van der Waals surface area contributed by atoms with Crippen molar-refractivity contribution in [3.05, 3.63) is 101 Å². The zero-order valence-corrected chi connectivity index (χ0v) is 16.5. The van der Waals surface area contributed by atoms with Crippen LogP contribution in [0.3, 0.4) is 0 Å². The SMILES string of the molecule is Cc1ccc(NC(=O)Cn2cnc3ccccc3c2=O)c(OCc2ccccc2)c1. The number of aromatic nitrogens is 2. The average Bonchev–Trinajstić information content (AvgIpc) is 2.77. The van der Waals surface area contributed by atoms with E-state index in [4.69, 9.17) is 4.74 Å². The third kappa shape index (κ3) is 4.38. The van der Waals surface area contributed by atoms with Crippen molar-refractivity contribution in [3.63, 3.8) is 0 Å². The second-order valence-electron chi connectivity index (χ2n) is 7.02. The maximum absolute atomic E-state index is 12.6. The third-order valence-electron chi connectivity index (χ3n) is 4.69. The fourth-order valence-electron chi connectivity index (χ4n) is 3.15. The van der Waals surface area contributed by atoms with Gasteiger partial charge in [0.05, 0.1) is 22.9 Å². The van der Waals surface area contributed by atoms with Gasteiger partial charge < -0.3 is 10.1 Å². The molecule has 0 radical (unpaired) electrons. The van der Waals surface area contributed by atoms with Crippen LogP contribution in [-0.2, 0) is 17.9 Å². The number of nitrogens with zero attached hydrogens (tertiary/aromatic N) is 2. The van der Waals surface area contributed by atoms with E-state index in [9.17, 15) is 9.59 Å². The number of fused-ring (bicyclic) bond motifs is 1. The van der Waals surface area contributed by atoms with E-state index >= 15 is 0 Å². The average molecular weight is 399 g/mol. The molecule has 4 aromatic rings. The standard InChI is InChI=1S/C24H21N3O3/c1-17-11-12-21(22(13-17)30-15-18-7-3-2-4-8-18)26-23(28)14-27-16-25-20-10-6-5-9-19(20)24(27)29/h2-13,16H,14-15H2,1H3,(H,26,28). The monoisotopic (exact) mass is 399 g/mol. The van der Waals surface area contributed by atoms with Crippen LogP contribution in [0.5, 0.6) is 5.75 Å². The lowest BCUT2D eigenvalue weighted by Crippen LogP contribution is -2.28. The molecule has 0 atom stereocenters. The highest BCUT2D eigenvalue weighted by Gasteiger charge is 2.12. The van der Waals surface area contributed by atoms with E-state index in [0.29, 0.717) is 28.9 Å². The lowest BCUT2D eigenvalue weighted by Gasteiger charge is -2.14. The van der Waals surface area contributed by atoms with Gasteiger partial charge >= 0.3 is 0 Å². The van der Waals surface area contributed by atoms with Crippen LogP contribution in [0.25, 0.3) is 10.9 Å². The van der Waals surface area contributed by atoms with E-state index in [2.05, 4.69) is 10.3 Å². The molecule has 0 spiro atoms. The quantitative estimate of drug-likeness (QED) is 0.533. The van der Waals surface area contributed by atoms with E-state index in [0.717, 1.165) is 11.1 Å². The Morgan fingerprint density at radius 3 is 2.63 bits per heavy atom. The predicted octanol–water partition coefficient (Wildman–Crippen LogP) is 3.92. The van der Waals surface area contributed by atoms with E-state index in [-0.39, 0.29) is 18.0 Å². The Morgan fingerprint density at radius 2 is 1.80 bits per heavy atom. The number of ether oxygens (including phenoxy) is 1. The van der Waals surface area contributed by atoms with E-state index in [1.54, 1.807) is 24.3 Å². The molecule has 0 saturated heterocycles. The van der Waals surface area contributed by atoms with Crippen molar-refractivity contribution in [3.8, 4) is 5.75 Å². The van der Waals surface area contributed by atoms with Gasteiger partial charge in [0.1, 0.15) is 18.9 Å². The summed E-state index contributed by atoms with van der Waals surface area (Å²) in [5.74, 6) is 0.249. The maximum Gasteiger partial charge on any atom is 0.261 e. The first kappa shape index (κ1) is 19.4. The highest BCUT2D eigenvalue weighted by molar-refractivity contribution is 5.92. The van der Waals surface area contributed by atoms with Crippen molar-refractivity contribution in [1.82, 2.24) is 9.55 Å². The molecule has 30 heavy (non-hydrogen) atoms. The largest absolute Gasteiger partial charge is 0.487 e. The number of carbonyl (C=O) groups excluding carboxylic acids is 1. The van der Waals surface area contributed by atoms with Crippen LogP contribution in [0.15, 0.2) is 83.9 Å². The van der Waals surface area contributed by atoms with Crippen molar-refractivity contribution >= 4 is 22.5 Å². The molecule has 3 aromatic carbocycles. The number of para-hydroxylation sites is 1. The molecule has 0 aliphatic rings. The minimum absolute atomic E-state index is 0.136. The van der Waals surface area contributed by atoms with Crippen LogP contribution in [0.1, 0.15) is 11.1 Å². The minimum Gasteiger partial charge on any atom is -0.487 e. The molecule has 1 aromatic heterocycles. The second kappa shape index (κ2) is 8.61. The van der Waals surface area contributed by atoms with Gasteiger partial charge in [0.15, 0.2) is 0 Å². The predicted molar refractivity (Wildman–Crippen MR) is 117 cm³/mol. The molecule has 1 amide bonds. The molecule has 0 bridgehead atoms. The molecule has 0 aliphatic carbocycles. The highest BCUT2D eigenvalue weighted by Crippen LogP contribution is 2.26. The highest BCUT2D eigenvalue weighted by atomic mass is 16.5. The summed E-state index contributed by atoms with van der Waals surface area (Å²) in [6.07, 6.45) is 1.40. The molecule has 1 heterocycles. The van der Waals surface area contributed by atoms with Crippen molar-refractivity contribution in [1.29, 1.82) is 0 Å². The number of aryl methyl sites for hydroxylation is 1. The topological polar surface area (TPSA) is 73.2 Å². The Morgan fingerprint density at radius 1 is 1.03 bits per heavy atom. The van der Waals surface area contributed by atoms with Crippen LogP contribution in [-0.4, -0.2) is 15.5 Å². The van der Waals surface area contributed by atoms with Gasteiger partial charge in [-0.3, -0.25) is 14.2 Å². The Hall–Kier alpha value is -3.93. The maximum atomic E-state index is 12.6. The molecule has 1 N–H and O–H groups in total.